The molecule has 0 amide bonds. The zero-order chi connectivity index (χ0) is 23.2. The van der Waals surface area contributed by atoms with Crippen LogP contribution in [0.1, 0.15) is 11.1 Å². The molecule has 3 N–H and O–H groups in total. The predicted molar refractivity (Wildman–Crippen MR) is 138 cm³/mol. The van der Waals surface area contributed by atoms with Crippen molar-refractivity contribution in [3.8, 4) is 11.5 Å². The molecule has 3 aromatic rings. The third-order valence-electron chi connectivity index (χ3n) is 4.87. The van der Waals surface area contributed by atoms with Gasteiger partial charge in [0.25, 0.3) is 0 Å². The van der Waals surface area contributed by atoms with E-state index in [0.717, 1.165) is 21.3 Å². The Morgan fingerprint density at radius 3 is 2.62 bits per heavy atom. The molecule has 0 saturated carbocycles. The highest BCUT2D eigenvalue weighted by atomic mass is 79.9. The first kappa shape index (κ1) is 25.5. The number of aryl methyl sites for hydroxylation is 1. The fourth-order valence-corrected chi connectivity index (χ4v) is 3.75. The lowest BCUT2D eigenvalue weighted by Gasteiger charge is -2.27. The average molecular weight is 551 g/mol. The van der Waals surface area contributed by atoms with Crippen LogP contribution in [0.25, 0.3) is 0 Å². The topological polar surface area (TPSA) is 117 Å². The Kier molecular flexibility index (Phi) is 8.85. The second-order valence-electron chi connectivity index (χ2n) is 7.29. The molecule has 2 heterocycles. The van der Waals surface area contributed by atoms with Crippen LogP contribution in [0.15, 0.2) is 46.0 Å². The van der Waals surface area contributed by atoms with Gasteiger partial charge in [0.1, 0.15) is 0 Å². The van der Waals surface area contributed by atoms with Gasteiger partial charge >= 0.3 is 0 Å². The first-order valence-electron chi connectivity index (χ1n) is 10.3. The third kappa shape index (κ3) is 6.46. The number of nitrogens with one attached hydrogen (secondary N) is 2. The Labute approximate surface area is 212 Å². The predicted octanol–water partition coefficient (Wildman–Crippen LogP) is 4.10. The maximum atomic E-state index is 9.74. The molecule has 1 saturated heterocycles. The fraction of sp³-hybridized carbons (Fsp3) is 0.273. The van der Waals surface area contributed by atoms with E-state index in [1.54, 1.807) is 24.4 Å². The van der Waals surface area contributed by atoms with Crippen LogP contribution in [0.5, 0.6) is 11.5 Å². The molecule has 10 nitrogen and oxygen atoms in total. The normalized spacial score (nSPS) is 13.4. The number of hydrogen-bond donors (Lipinski definition) is 3. The van der Waals surface area contributed by atoms with Crippen LogP contribution in [-0.4, -0.2) is 59.7 Å². The van der Waals surface area contributed by atoms with Crippen molar-refractivity contribution in [2.75, 3.05) is 49.1 Å². The number of phenolic OH excluding ortho intramolecular Hbond substituents is 1. The number of benzene rings is 2. The summed E-state index contributed by atoms with van der Waals surface area (Å²) in [5.74, 6) is 1.64. The van der Waals surface area contributed by atoms with E-state index in [9.17, 15) is 5.11 Å². The summed E-state index contributed by atoms with van der Waals surface area (Å²) in [5.41, 5.74) is 5.58. The molecule has 0 spiro atoms. The summed E-state index contributed by atoms with van der Waals surface area (Å²) in [6.07, 6.45) is 1.59. The van der Waals surface area contributed by atoms with Crippen LogP contribution in [0, 0.1) is 6.92 Å². The number of halogens is 2. The number of methoxy groups -OCH3 is 1. The molecule has 2 aromatic carbocycles. The van der Waals surface area contributed by atoms with Crippen molar-refractivity contribution in [2.24, 2.45) is 5.10 Å². The van der Waals surface area contributed by atoms with Gasteiger partial charge in [-0.1, -0.05) is 6.07 Å². The largest absolute Gasteiger partial charge is 0.504 e. The number of hydrazone groups is 1. The van der Waals surface area contributed by atoms with Gasteiger partial charge in [0.15, 0.2) is 11.5 Å². The smallest absolute Gasteiger partial charge is 0.250 e. The van der Waals surface area contributed by atoms with Crippen molar-refractivity contribution < 1.29 is 14.6 Å². The SMILES string of the molecule is COc1cc(C=NNc2nc(Nc3ccc(C)cc3Br)nc(N3CCOCC3)n2)ccc1O.Cl. The third-order valence-corrected chi connectivity index (χ3v) is 5.53. The van der Waals surface area contributed by atoms with Crippen molar-refractivity contribution >= 4 is 58.1 Å². The van der Waals surface area contributed by atoms with Crippen molar-refractivity contribution in [1.82, 2.24) is 15.0 Å². The van der Waals surface area contributed by atoms with Crippen molar-refractivity contribution in [3.05, 3.63) is 52.0 Å². The van der Waals surface area contributed by atoms with Crippen molar-refractivity contribution in [3.63, 3.8) is 0 Å². The highest BCUT2D eigenvalue weighted by Gasteiger charge is 2.17. The molecule has 1 fully saturated rings. The van der Waals surface area contributed by atoms with E-state index >= 15 is 0 Å². The van der Waals surface area contributed by atoms with Crippen LogP contribution in [0.4, 0.5) is 23.5 Å². The van der Waals surface area contributed by atoms with Gasteiger partial charge in [-0.2, -0.15) is 20.1 Å². The van der Waals surface area contributed by atoms with E-state index in [-0.39, 0.29) is 18.2 Å². The number of phenols is 1. The first-order valence-corrected chi connectivity index (χ1v) is 11.1. The molecule has 0 radical (unpaired) electrons. The van der Waals surface area contributed by atoms with Crippen LogP contribution in [0.2, 0.25) is 0 Å². The molecule has 0 atom stereocenters. The second-order valence-corrected chi connectivity index (χ2v) is 8.15. The molecule has 1 aliphatic rings. The summed E-state index contributed by atoms with van der Waals surface area (Å²) in [7, 11) is 1.49. The van der Waals surface area contributed by atoms with Gasteiger partial charge in [-0.3, -0.25) is 0 Å². The number of aromatic hydroxyl groups is 1. The molecule has 1 aliphatic heterocycles. The average Bonchev–Trinajstić information content (AvgIpc) is 2.82. The van der Waals surface area contributed by atoms with Crippen LogP contribution < -0.4 is 20.4 Å². The van der Waals surface area contributed by atoms with E-state index < -0.39 is 0 Å². The minimum Gasteiger partial charge on any atom is -0.504 e. The fourth-order valence-electron chi connectivity index (χ4n) is 3.16. The number of rotatable bonds is 7. The summed E-state index contributed by atoms with van der Waals surface area (Å²) in [4.78, 5) is 15.6. The number of ether oxygens (including phenoxy) is 2. The van der Waals surface area contributed by atoms with E-state index in [1.165, 1.54) is 7.11 Å². The quantitative estimate of drug-likeness (QED) is 0.295. The van der Waals surface area contributed by atoms with Gasteiger partial charge in [0, 0.05) is 17.6 Å². The highest BCUT2D eigenvalue weighted by Crippen LogP contribution is 2.27. The molecule has 0 bridgehead atoms. The molecule has 180 valence electrons. The summed E-state index contributed by atoms with van der Waals surface area (Å²) in [6, 6.07) is 10.9. The molecule has 0 unspecified atom stereocenters. The Balaban J connectivity index is 0.00000324. The zero-order valence-electron chi connectivity index (χ0n) is 18.7. The molecule has 4 rings (SSSR count). The summed E-state index contributed by atoms with van der Waals surface area (Å²) < 4.78 is 11.5. The molecule has 0 aliphatic carbocycles. The zero-order valence-corrected chi connectivity index (χ0v) is 21.1. The lowest BCUT2D eigenvalue weighted by molar-refractivity contribution is 0.122. The van der Waals surface area contributed by atoms with Gasteiger partial charge in [0.05, 0.1) is 32.2 Å². The second kappa shape index (κ2) is 11.8. The number of anilines is 4. The van der Waals surface area contributed by atoms with Crippen LogP contribution >= 0.6 is 28.3 Å². The van der Waals surface area contributed by atoms with Crippen LogP contribution in [-0.2, 0) is 4.74 Å². The summed E-state index contributed by atoms with van der Waals surface area (Å²) in [6.45, 7) is 4.63. The maximum absolute atomic E-state index is 9.74. The Morgan fingerprint density at radius 2 is 1.88 bits per heavy atom. The van der Waals surface area contributed by atoms with Crippen LogP contribution in [0.3, 0.4) is 0 Å². The summed E-state index contributed by atoms with van der Waals surface area (Å²) >= 11 is 3.58. The minimum atomic E-state index is 0. The standard InChI is InChI=1S/C22H24BrN7O3.ClH/c1-14-3-5-17(16(23)11-14)25-20-26-21(28-22(27-20)30-7-9-33-10-8-30)29-24-13-15-4-6-18(31)19(12-15)32-2;/h3-6,11-13,31H,7-10H2,1-2H3,(H2,25,26,27,28,29);1H. The van der Waals surface area contributed by atoms with Gasteiger partial charge in [-0.05, 0) is 64.3 Å². The van der Waals surface area contributed by atoms with E-state index in [2.05, 4.69) is 46.7 Å². The van der Waals surface area contributed by atoms with Gasteiger partial charge in [0.2, 0.25) is 17.8 Å². The maximum Gasteiger partial charge on any atom is 0.250 e. The number of aromatic nitrogens is 3. The number of hydrogen-bond acceptors (Lipinski definition) is 10. The molecular weight excluding hydrogens is 526 g/mol. The molecule has 12 heteroatoms. The Bertz CT molecular complexity index is 1160. The Hall–Kier alpha value is -3.15. The van der Waals surface area contributed by atoms with E-state index in [1.807, 2.05) is 30.0 Å². The Morgan fingerprint density at radius 1 is 1.12 bits per heavy atom. The van der Waals surface area contributed by atoms with E-state index in [0.29, 0.717) is 49.9 Å². The van der Waals surface area contributed by atoms with Gasteiger partial charge < -0.3 is 24.8 Å². The van der Waals surface area contributed by atoms with E-state index in [4.69, 9.17) is 9.47 Å². The van der Waals surface area contributed by atoms with Crippen molar-refractivity contribution in [2.45, 2.75) is 6.92 Å². The van der Waals surface area contributed by atoms with Crippen molar-refractivity contribution in [1.29, 1.82) is 0 Å². The monoisotopic (exact) mass is 549 g/mol. The van der Waals surface area contributed by atoms with Gasteiger partial charge in [-0.25, -0.2) is 5.43 Å². The highest BCUT2D eigenvalue weighted by molar-refractivity contribution is 9.10. The minimum absolute atomic E-state index is 0. The summed E-state index contributed by atoms with van der Waals surface area (Å²) in [5, 5.41) is 17.2. The lowest BCUT2D eigenvalue weighted by Crippen LogP contribution is -2.37. The number of morpholine rings is 1. The molecule has 1 aromatic heterocycles. The number of nitrogens with zero attached hydrogens (tertiary/aromatic N) is 5. The van der Waals surface area contributed by atoms with Gasteiger partial charge in [-0.15, -0.1) is 12.4 Å². The molecular formula is C22H25BrClN7O3. The first-order chi connectivity index (χ1) is 16.0. The molecule has 34 heavy (non-hydrogen) atoms. The lowest BCUT2D eigenvalue weighted by atomic mass is 10.2.